The third-order valence-electron chi connectivity index (χ3n) is 5.14. The highest BCUT2D eigenvalue weighted by molar-refractivity contribution is 5.95. The fourth-order valence-corrected chi connectivity index (χ4v) is 3.57. The second kappa shape index (κ2) is 7.52. The van der Waals surface area contributed by atoms with Gasteiger partial charge in [-0.1, -0.05) is 24.3 Å². The summed E-state index contributed by atoms with van der Waals surface area (Å²) in [4.78, 5) is 29.5. The van der Waals surface area contributed by atoms with E-state index in [1.807, 2.05) is 12.1 Å². The van der Waals surface area contributed by atoms with Crippen LogP contribution in [0.4, 0.5) is 4.39 Å². The number of carbonyl (C=O) groups excluding carboxylic acids is 1. The van der Waals surface area contributed by atoms with E-state index < -0.39 is 0 Å². The zero-order valence-corrected chi connectivity index (χ0v) is 15.6. The van der Waals surface area contributed by atoms with Gasteiger partial charge in [0, 0.05) is 45.2 Å². The van der Waals surface area contributed by atoms with E-state index >= 15 is 0 Å². The second-order valence-corrected chi connectivity index (χ2v) is 7.01. The van der Waals surface area contributed by atoms with Crippen molar-refractivity contribution >= 4 is 16.8 Å². The number of carbonyl (C=O) groups is 1. The molecule has 0 bridgehead atoms. The van der Waals surface area contributed by atoms with Crippen molar-refractivity contribution in [3.8, 4) is 0 Å². The molecule has 0 radical (unpaired) electrons. The Morgan fingerprint density at radius 3 is 2.43 bits per heavy atom. The molecule has 1 aliphatic rings. The first-order chi connectivity index (χ1) is 13.5. The first-order valence-electron chi connectivity index (χ1n) is 9.25. The fraction of sp³-hybridized carbons (Fsp3) is 0.286. The monoisotopic (exact) mass is 380 g/mol. The lowest BCUT2D eigenvalue weighted by molar-refractivity contribution is 0.0619. The molecule has 1 fully saturated rings. The second-order valence-electron chi connectivity index (χ2n) is 7.01. The van der Waals surface area contributed by atoms with Gasteiger partial charge in [-0.05, 0) is 29.8 Å². The van der Waals surface area contributed by atoms with Crippen LogP contribution in [0, 0.1) is 5.82 Å². The zero-order valence-electron chi connectivity index (χ0n) is 15.6. The lowest BCUT2D eigenvalue weighted by Crippen LogP contribution is -2.49. The molecule has 2 aromatic carbocycles. The molecule has 3 aromatic rings. The van der Waals surface area contributed by atoms with Gasteiger partial charge in [0.05, 0.1) is 5.52 Å². The Balaban J connectivity index is 1.47. The van der Waals surface area contributed by atoms with Crippen LogP contribution in [0.1, 0.15) is 16.1 Å². The minimum Gasteiger partial charge on any atom is -0.335 e. The Hall–Kier alpha value is -3.06. The summed E-state index contributed by atoms with van der Waals surface area (Å²) in [6, 6.07) is 13.6. The summed E-state index contributed by atoms with van der Waals surface area (Å²) in [5.74, 6) is -0.573. The van der Waals surface area contributed by atoms with Crippen LogP contribution in [-0.4, -0.2) is 51.7 Å². The number of fused-ring (bicyclic) bond motifs is 1. The predicted octanol–water partition coefficient (Wildman–Crippen LogP) is 2.03. The van der Waals surface area contributed by atoms with Gasteiger partial charge in [-0.2, -0.15) is 5.10 Å². The van der Waals surface area contributed by atoms with Gasteiger partial charge in [0.1, 0.15) is 5.82 Å². The van der Waals surface area contributed by atoms with Crippen LogP contribution in [0.3, 0.4) is 0 Å². The van der Waals surface area contributed by atoms with Crippen molar-refractivity contribution < 1.29 is 9.18 Å². The summed E-state index contributed by atoms with van der Waals surface area (Å²) < 4.78 is 14.6. The Morgan fingerprint density at radius 2 is 1.71 bits per heavy atom. The average Bonchev–Trinajstić information content (AvgIpc) is 2.72. The maximum Gasteiger partial charge on any atom is 0.278 e. The van der Waals surface area contributed by atoms with E-state index in [9.17, 15) is 14.0 Å². The minimum absolute atomic E-state index is 0.0341. The van der Waals surface area contributed by atoms with E-state index in [1.54, 1.807) is 40.9 Å². The van der Waals surface area contributed by atoms with Crippen LogP contribution >= 0.6 is 0 Å². The van der Waals surface area contributed by atoms with Crippen LogP contribution in [0.15, 0.2) is 53.3 Å². The SMILES string of the molecule is Cn1nc(C(=O)N2CCN(Cc3ccc(F)cc3)CC2)c(=O)c2ccccc21. The molecule has 0 spiro atoms. The van der Waals surface area contributed by atoms with E-state index in [1.165, 1.54) is 12.1 Å². The fourth-order valence-electron chi connectivity index (χ4n) is 3.57. The molecule has 0 unspecified atom stereocenters. The quantitative estimate of drug-likeness (QED) is 0.698. The maximum atomic E-state index is 13.0. The average molecular weight is 380 g/mol. The number of hydrogen-bond acceptors (Lipinski definition) is 4. The molecule has 1 saturated heterocycles. The zero-order chi connectivity index (χ0) is 19.7. The summed E-state index contributed by atoms with van der Waals surface area (Å²) in [5, 5.41) is 4.73. The van der Waals surface area contributed by atoms with Gasteiger partial charge in [-0.3, -0.25) is 19.2 Å². The van der Waals surface area contributed by atoms with Crippen LogP contribution < -0.4 is 5.43 Å². The molecule has 1 aliphatic heterocycles. The van der Waals surface area contributed by atoms with Crippen LogP contribution in [0.2, 0.25) is 0 Å². The number of aryl methyl sites for hydroxylation is 1. The van der Waals surface area contributed by atoms with Crippen molar-refractivity contribution in [2.45, 2.75) is 6.54 Å². The number of piperazine rings is 1. The van der Waals surface area contributed by atoms with Crippen molar-refractivity contribution in [3.63, 3.8) is 0 Å². The molecule has 0 saturated carbocycles. The molecule has 0 aliphatic carbocycles. The summed E-state index contributed by atoms with van der Waals surface area (Å²) in [7, 11) is 1.74. The lowest BCUT2D eigenvalue weighted by atomic mass is 10.1. The molecule has 0 atom stereocenters. The van der Waals surface area contributed by atoms with E-state index in [4.69, 9.17) is 0 Å². The first kappa shape index (κ1) is 18.3. The standard InChI is InChI=1S/C21H21FN4O2/c1-24-18-5-3-2-4-17(18)20(27)19(23-24)21(28)26-12-10-25(11-13-26)14-15-6-8-16(22)9-7-15/h2-9H,10-14H2,1H3. The van der Waals surface area contributed by atoms with Crippen molar-refractivity contribution in [1.82, 2.24) is 19.6 Å². The molecule has 7 heteroatoms. The smallest absolute Gasteiger partial charge is 0.278 e. The van der Waals surface area contributed by atoms with E-state index in [2.05, 4.69) is 10.00 Å². The van der Waals surface area contributed by atoms with Gasteiger partial charge >= 0.3 is 0 Å². The molecule has 144 valence electrons. The Kier molecular flexibility index (Phi) is 4.92. The van der Waals surface area contributed by atoms with Gasteiger partial charge in [0.15, 0.2) is 5.69 Å². The number of amides is 1. The molecular weight excluding hydrogens is 359 g/mol. The number of hydrogen-bond donors (Lipinski definition) is 0. The van der Waals surface area contributed by atoms with Crippen LogP contribution in [0.25, 0.3) is 10.9 Å². The normalized spacial score (nSPS) is 15.1. The number of halogens is 1. The van der Waals surface area contributed by atoms with Crippen molar-refractivity contribution in [2.75, 3.05) is 26.2 Å². The van der Waals surface area contributed by atoms with Crippen LogP contribution in [0.5, 0.6) is 0 Å². The number of benzene rings is 2. The number of nitrogens with zero attached hydrogens (tertiary/aromatic N) is 4. The summed E-state index contributed by atoms with van der Waals surface area (Å²) in [6.07, 6.45) is 0. The van der Waals surface area contributed by atoms with Gasteiger partial charge in [-0.15, -0.1) is 0 Å². The van der Waals surface area contributed by atoms with Gasteiger partial charge in [-0.25, -0.2) is 4.39 Å². The summed E-state index contributed by atoms with van der Waals surface area (Å²) >= 11 is 0. The van der Waals surface area contributed by atoms with Crippen LogP contribution in [-0.2, 0) is 13.6 Å². The van der Waals surface area contributed by atoms with Gasteiger partial charge in [0.2, 0.25) is 5.43 Å². The predicted molar refractivity (Wildman–Crippen MR) is 105 cm³/mol. The third kappa shape index (κ3) is 3.53. The molecule has 28 heavy (non-hydrogen) atoms. The van der Waals surface area contributed by atoms with Crippen molar-refractivity contribution in [1.29, 1.82) is 0 Å². The third-order valence-corrected chi connectivity index (χ3v) is 5.14. The number of para-hydroxylation sites is 1. The number of rotatable bonds is 3. The van der Waals surface area contributed by atoms with E-state index in [0.717, 1.165) is 5.56 Å². The minimum atomic E-state index is -0.326. The summed E-state index contributed by atoms with van der Waals surface area (Å²) in [6.45, 7) is 3.14. The molecule has 0 N–H and O–H groups in total. The van der Waals surface area contributed by atoms with E-state index in [0.29, 0.717) is 43.6 Å². The molecule has 2 heterocycles. The molecule has 4 rings (SSSR count). The molecule has 1 aromatic heterocycles. The Labute approximate surface area is 161 Å². The topological polar surface area (TPSA) is 58.4 Å². The highest BCUT2D eigenvalue weighted by Crippen LogP contribution is 2.13. The first-order valence-corrected chi connectivity index (χ1v) is 9.25. The van der Waals surface area contributed by atoms with Gasteiger partial charge in [0.25, 0.3) is 5.91 Å². The highest BCUT2D eigenvalue weighted by atomic mass is 19.1. The molecule has 6 nitrogen and oxygen atoms in total. The Morgan fingerprint density at radius 1 is 1.04 bits per heavy atom. The molecule has 1 amide bonds. The van der Waals surface area contributed by atoms with Gasteiger partial charge < -0.3 is 4.90 Å². The van der Waals surface area contributed by atoms with Crippen molar-refractivity contribution in [2.24, 2.45) is 7.05 Å². The maximum absolute atomic E-state index is 13.0. The highest BCUT2D eigenvalue weighted by Gasteiger charge is 2.26. The number of aromatic nitrogens is 2. The van der Waals surface area contributed by atoms with E-state index in [-0.39, 0.29) is 22.8 Å². The summed E-state index contributed by atoms with van der Waals surface area (Å²) in [5.41, 5.74) is 1.38. The largest absolute Gasteiger partial charge is 0.335 e. The lowest BCUT2D eigenvalue weighted by Gasteiger charge is -2.34. The Bertz CT molecular complexity index is 1070. The van der Waals surface area contributed by atoms with Crippen molar-refractivity contribution in [3.05, 3.63) is 75.8 Å². The molecular formula is C21H21FN4O2.